The van der Waals surface area contributed by atoms with E-state index in [9.17, 15) is 8.78 Å². The van der Waals surface area contributed by atoms with E-state index in [0.717, 1.165) is 23.6 Å². The first kappa shape index (κ1) is 21.0. The minimum Gasteiger partial charge on any atom is -0.377 e. The first-order valence-corrected chi connectivity index (χ1v) is 9.91. The Kier molecular flexibility index (Phi) is 7.41. The van der Waals surface area contributed by atoms with E-state index >= 15 is 0 Å². The SMILES string of the molecule is CCOCc1ccc(CNC(=NC)NC2CCN(c3ccc(F)cc3F)C2)cc1. The third-order valence-electron chi connectivity index (χ3n) is 4.96. The summed E-state index contributed by atoms with van der Waals surface area (Å²) < 4.78 is 32.6. The Bertz CT molecular complexity index is 826. The van der Waals surface area contributed by atoms with Crippen LogP contribution >= 0.6 is 0 Å². The van der Waals surface area contributed by atoms with Crippen molar-refractivity contribution in [3.8, 4) is 0 Å². The highest BCUT2D eigenvalue weighted by Crippen LogP contribution is 2.24. The van der Waals surface area contributed by atoms with Gasteiger partial charge in [0.05, 0.1) is 12.3 Å². The zero-order valence-electron chi connectivity index (χ0n) is 16.9. The summed E-state index contributed by atoms with van der Waals surface area (Å²) >= 11 is 0. The maximum absolute atomic E-state index is 14.0. The lowest BCUT2D eigenvalue weighted by Gasteiger charge is -2.21. The highest BCUT2D eigenvalue weighted by atomic mass is 19.1. The Morgan fingerprint density at radius 3 is 2.62 bits per heavy atom. The minimum atomic E-state index is -0.560. The van der Waals surface area contributed by atoms with Gasteiger partial charge < -0.3 is 20.3 Å². The molecule has 7 heteroatoms. The molecule has 0 radical (unpaired) electrons. The Labute approximate surface area is 170 Å². The molecule has 1 saturated heterocycles. The number of anilines is 1. The maximum atomic E-state index is 14.0. The molecule has 5 nitrogen and oxygen atoms in total. The van der Waals surface area contributed by atoms with E-state index in [2.05, 4.69) is 39.9 Å². The lowest BCUT2D eigenvalue weighted by atomic mass is 10.1. The van der Waals surface area contributed by atoms with Gasteiger partial charge in [-0.25, -0.2) is 8.78 Å². The van der Waals surface area contributed by atoms with Gasteiger partial charge in [0.2, 0.25) is 0 Å². The summed E-state index contributed by atoms with van der Waals surface area (Å²) in [5.41, 5.74) is 2.73. The van der Waals surface area contributed by atoms with Crippen LogP contribution in [0.15, 0.2) is 47.5 Å². The Morgan fingerprint density at radius 1 is 1.17 bits per heavy atom. The van der Waals surface area contributed by atoms with Gasteiger partial charge in [-0.1, -0.05) is 24.3 Å². The zero-order valence-corrected chi connectivity index (χ0v) is 16.9. The van der Waals surface area contributed by atoms with Gasteiger partial charge in [0.25, 0.3) is 0 Å². The predicted octanol–water partition coefficient (Wildman–Crippen LogP) is 3.45. The van der Waals surface area contributed by atoms with E-state index in [1.165, 1.54) is 12.1 Å². The van der Waals surface area contributed by atoms with Crippen molar-refractivity contribution in [1.29, 1.82) is 0 Å². The molecule has 0 bridgehead atoms. The molecular formula is C22H28F2N4O. The summed E-state index contributed by atoms with van der Waals surface area (Å²) in [5, 5.41) is 6.70. The van der Waals surface area contributed by atoms with E-state index in [0.29, 0.717) is 44.5 Å². The number of hydrogen-bond acceptors (Lipinski definition) is 3. The fraction of sp³-hybridized carbons (Fsp3) is 0.409. The van der Waals surface area contributed by atoms with Crippen LogP contribution in [0, 0.1) is 11.6 Å². The largest absolute Gasteiger partial charge is 0.377 e. The molecule has 0 saturated carbocycles. The van der Waals surface area contributed by atoms with Crippen LogP contribution in [0.5, 0.6) is 0 Å². The van der Waals surface area contributed by atoms with Gasteiger partial charge in [0, 0.05) is 45.4 Å². The van der Waals surface area contributed by atoms with E-state index < -0.39 is 11.6 Å². The standard InChI is InChI=1S/C22H28F2N4O/c1-3-29-15-17-6-4-16(5-7-17)13-26-22(25-2)27-19-10-11-28(14-19)21-9-8-18(23)12-20(21)24/h4-9,12,19H,3,10-11,13-15H2,1-2H3,(H2,25,26,27). The molecule has 0 aliphatic carbocycles. The van der Waals surface area contributed by atoms with E-state index in [1.54, 1.807) is 7.05 Å². The van der Waals surface area contributed by atoms with Crippen molar-refractivity contribution >= 4 is 11.6 Å². The van der Waals surface area contributed by atoms with Crippen molar-refractivity contribution in [2.45, 2.75) is 32.5 Å². The molecule has 1 heterocycles. The average Bonchev–Trinajstić information content (AvgIpc) is 3.18. The van der Waals surface area contributed by atoms with E-state index in [1.807, 2.05) is 11.8 Å². The molecule has 0 aromatic heterocycles. The molecule has 2 aromatic rings. The van der Waals surface area contributed by atoms with Crippen molar-refractivity contribution in [3.05, 3.63) is 65.2 Å². The molecule has 1 unspecified atom stereocenters. The van der Waals surface area contributed by atoms with Crippen LogP contribution in [0.25, 0.3) is 0 Å². The number of halogens is 2. The molecule has 156 valence electrons. The zero-order chi connectivity index (χ0) is 20.6. The normalized spacial score (nSPS) is 16.9. The van der Waals surface area contributed by atoms with Gasteiger partial charge in [-0.15, -0.1) is 0 Å². The lowest BCUT2D eigenvalue weighted by Crippen LogP contribution is -2.44. The molecule has 2 aromatic carbocycles. The van der Waals surface area contributed by atoms with Crippen LogP contribution in [0.2, 0.25) is 0 Å². The molecule has 29 heavy (non-hydrogen) atoms. The van der Waals surface area contributed by atoms with Crippen molar-refractivity contribution < 1.29 is 13.5 Å². The molecule has 1 aliphatic rings. The fourth-order valence-electron chi connectivity index (χ4n) is 3.38. The second-order valence-corrected chi connectivity index (χ2v) is 7.05. The topological polar surface area (TPSA) is 48.9 Å². The van der Waals surface area contributed by atoms with Crippen LogP contribution < -0.4 is 15.5 Å². The van der Waals surface area contributed by atoms with Crippen molar-refractivity contribution in [2.75, 3.05) is 31.6 Å². The second-order valence-electron chi connectivity index (χ2n) is 7.05. The van der Waals surface area contributed by atoms with Gasteiger partial charge in [-0.05, 0) is 36.6 Å². The summed E-state index contributed by atoms with van der Waals surface area (Å²) in [7, 11) is 1.73. The second kappa shape index (κ2) is 10.2. The molecule has 0 amide bonds. The van der Waals surface area contributed by atoms with Gasteiger partial charge in [0.1, 0.15) is 11.6 Å². The Balaban J connectivity index is 1.49. The summed E-state index contributed by atoms with van der Waals surface area (Å²) in [5.74, 6) is -0.383. The van der Waals surface area contributed by atoms with Crippen molar-refractivity contribution in [1.82, 2.24) is 10.6 Å². The van der Waals surface area contributed by atoms with Crippen LogP contribution in [0.4, 0.5) is 14.5 Å². The number of hydrogen-bond donors (Lipinski definition) is 2. The van der Waals surface area contributed by atoms with Gasteiger partial charge in [-0.3, -0.25) is 4.99 Å². The van der Waals surface area contributed by atoms with Crippen molar-refractivity contribution in [2.24, 2.45) is 4.99 Å². The maximum Gasteiger partial charge on any atom is 0.191 e. The predicted molar refractivity (Wildman–Crippen MR) is 112 cm³/mol. The third-order valence-corrected chi connectivity index (χ3v) is 4.96. The molecule has 1 aliphatic heterocycles. The number of nitrogens with one attached hydrogen (secondary N) is 2. The number of nitrogens with zero attached hydrogens (tertiary/aromatic N) is 2. The quantitative estimate of drug-likeness (QED) is 0.550. The molecule has 1 atom stereocenters. The van der Waals surface area contributed by atoms with Gasteiger partial charge in [-0.2, -0.15) is 0 Å². The minimum absolute atomic E-state index is 0.138. The van der Waals surface area contributed by atoms with Gasteiger partial charge >= 0.3 is 0 Å². The molecular weight excluding hydrogens is 374 g/mol. The van der Waals surface area contributed by atoms with Crippen LogP contribution in [0.1, 0.15) is 24.5 Å². The van der Waals surface area contributed by atoms with Crippen LogP contribution in [0.3, 0.4) is 0 Å². The fourth-order valence-corrected chi connectivity index (χ4v) is 3.38. The summed E-state index contributed by atoms with van der Waals surface area (Å²) in [4.78, 5) is 6.21. The summed E-state index contributed by atoms with van der Waals surface area (Å²) in [6.07, 6.45) is 0.851. The van der Waals surface area contributed by atoms with E-state index in [-0.39, 0.29) is 6.04 Å². The van der Waals surface area contributed by atoms with E-state index in [4.69, 9.17) is 4.74 Å². The summed E-state index contributed by atoms with van der Waals surface area (Å²) in [6.45, 7) is 5.31. The molecule has 3 rings (SSSR count). The number of guanidine groups is 1. The Hall–Kier alpha value is -2.67. The average molecular weight is 402 g/mol. The molecule has 2 N–H and O–H groups in total. The number of rotatable bonds is 7. The molecule has 1 fully saturated rings. The third kappa shape index (κ3) is 5.90. The van der Waals surface area contributed by atoms with Gasteiger partial charge in [0.15, 0.2) is 5.96 Å². The number of benzene rings is 2. The highest BCUT2D eigenvalue weighted by Gasteiger charge is 2.25. The first-order valence-electron chi connectivity index (χ1n) is 9.91. The Morgan fingerprint density at radius 2 is 1.93 bits per heavy atom. The van der Waals surface area contributed by atoms with Crippen LogP contribution in [-0.2, 0) is 17.9 Å². The number of aliphatic imine (C=N–C) groups is 1. The first-order chi connectivity index (χ1) is 14.1. The number of ether oxygens (including phenoxy) is 1. The summed E-state index contributed by atoms with van der Waals surface area (Å²) in [6, 6.07) is 12.1. The highest BCUT2D eigenvalue weighted by molar-refractivity contribution is 5.80. The monoisotopic (exact) mass is 402 g/mol. The van der Waals surface area contributed by atoms with Crippen molar-refractivity contribution in [3.63, 3.8) is 0 Å². The smallest absolute Gasteiger partial charge is 0.191 e. The van der Waals surface area contributed by atoms with Crippen LogP contribution in [-0.4, -0.2) is 38.7 Å². The molecule has 0 spiro atoms. The lowest BCUT2D eigenvalue weighted by molar-refractivity contribution is 0.134.